The highest BCUT2D eigenvalue weighted by Crippen LogP contribution is 2.27. The van der Waals surface area contributed by atoms with Crippen LogP contribution in [-0.4, -0.2) is 28.4 Å². The Morgan fingerprint density at radius 1 is 1.22 bits per heavy atom. The summed E-state index contributed by atoms with van der Waals surface area (Å²) >= 11 is 0. The molecule has 1 N–H and O–H groups in total. The number of nitrogens with one attached hydrogen (secondary N) is 1. The Morgan fingerprint density at radius 2 is 2.00 bits per heavy atom. The van der Waals surface area contributed by atoms with Gasteiger partial charge in [0.05, 0.1) is 18.3 Å². The highest BCUT2D eigenvalue weighted by molar-refractivity contribution is 5.94. The molecule has 0 aliphatic heterocycles. The largest absolute Gasteiger partial charge is 0.497 e. The van der Waals surface area contributed by atoms with Crippen molar-refractivity contribution in [3.63, 3.8) is 0 Å². The molecule has 0 bridgehead atoms. The van der Waals surface area contributed by atoms with Crippen molar-refractivity contribution < 1.29 is 9.53 Å². The number of ether oxygens (including phenoxy) is 1. The van der Waals surface area contributed by atoms with Crippen molar-refractivity contribution in [3.05, 3.63) is 54.5 Å². The molecule has 2 heterocycles. The van der Waals surface area contributed by atoms with Gasteiger partial charge in [0.15, 0.2) is 0 Å². The van der Waals surface area contributed by atoms with Gasteiger partial charge in [-0.15, -0.1) is 0 Å². The molecule has 5 nitrogen and oxygen atoms in total. The first-order chi connectivity index (χ1) is 11.3. The Bertz CT molecular complexity index is 864. The van der Waals surface area contributed by atoms with Gasteiger partial charge in [-0.05, 0) is 49.2 Å². The fourth-order valence-electron chi connectivity index (χ4n) is 2.64. The summed E-state index contributed by atoms with van der Waals surface area (Å²) in [4.78, 5) is 17.0. The number of imidazole rings is 1. The van der Waals surface area contributed by atoms with Crippen molar-refractivity contribution in [1.82, 2.24) is 14.7 Å². The van der Waals surface area contributed by atoms with Crippen LogP contribution in [-0.2, 0) is 0 Å². The van der Waals surface area contributed by atoms with Crippen LogP contribution in [0.2, 0.25) is 0 Å². The molecule has 4 rings (SSSR count). The predicted molar refractivity (Wildman–Crippen MR) is 87.7 cm³/mol. The van der Waals surface area contributed by atoms with E-state index in [4.69, 9.17) is 4.74 Å². The number of hydrogen-bond donors (Lipinski definition) is 1. The Morgan fingerprint density at radius 3 is 2.70 bits per heavy atom. The van der Waals surface area contributed by atoms with Gasteiger partial charge in [-0.2, -0.15) is 0 Å². The maximum Gasteiger partial charge on any atom is 0.287 e. The third-order valence-electron chi connectivity index (χ3n) is 4.03. The van der Waals surface area contributed by atoms with E-state index in [2.05, 4.69) is 10.3 Å². The minimum Gasteiger partial charge on any atom is -0.497 e. The van der Waals surface area contributed by atoms with E-state index in [1.54, 1.807) is 7.11 Å². The van der Waals surface area contributed by atoms with Crippen LogP contribution in [0, 0.1) is 0 Å². The lowest BCUT2D eigenvalue weighted by atomic mass is 10.1. The lowest BCUT2D eigenvalue weighted by molar-refractivity contribution is 0.0940. The fraction of sp³-hybridized carbons (Fsp3) is 0.222. The van der Waals surface area contributed by atoms with Crippen LogP contribution in [0.5, 0.6) is 5.75 Å². The number of carbonyl (C=O) groups excluding carboxylic acids is 1. The summed E-state index contributed by atoms with van der Waals surface area (Å²) in [5.41, 5.74) is 2.67. The van der Waals surface area contributed by atoms with Crippen LogP contribution >= 0.6 is 0 Å². The molecule has 0 unspecified atom stereocenters. The summed E-state index contributed by atoms with van der Waals surface area (Å²) in [6.07, 6.45) is 3.98. The first-order valence-electron chi connectivity index (χ1n) is 7.68. The average molecular weight is 307 g/mol. The van der Waals surface area contributed by atoms with Crippen LogP contribution in [0.25, 0.3) is 16.8 Å². The number of hydrogen-bond acceptors (Lipinski definition) is 3. The van der Waals surface area contributed by atoms with Crippen molar-refractivity contribution >= 4 is 11.4 Å². The second kappa shape index (κ2) is 5.43. The lowest BCUT2D eigenvalue weighted by Gasteiger charge is -2.02. The molecule has 5 heteroatoms. The Kier molecular flexibility index (Phi) is 3.26. The molecule has 0 atom stereocenters. The molecule has 1 saturated carbocycles. The highest BCUT2D eigenvalue weighted by Gasteiger charge is 2.26. The second-order valence-corrected chi connectivity index (χ2v) is 5.72. The van der Waals surface area contributed by atoms with Gasteiger partial charge in [0.1, 0.15) is 5.75 Å². The number of nitrogens with zero attached hydrogens (tertiary/aromatic N) is 2. The molecule has 1 aliphatic rings. The third-order valence-corrected chi connectivity index (χ3v) is 4.03. The molecule has 116 valence electrons. The Labute approximate surface area is 133 Å². The van der Waals surface area contributed by atoms with E-state index in [9.17, 15) is 4.79 Å². The number of pyridine rings is 1. The zero-order valence-electron chi connectivity index (χ0n) is 12.8. The first kappa shape index (κ1) is 13.8. The number of aromatic nitrogens is 2. The molecule has 0 saturated heterocycles. The smallest absolute Gasteiger partial charge is 0.287 e. The average Bonchev–Trinajstić information content (AvgIpc) is 3.32. The monoisotopic (exact) mass is 307 g/mol. The van der Waals surface area contributed by atoms with Crippen LogP contribution in [0.3, 0.4) is 0 Å². The second-order valence-electron chi connectivity index (χ2n) is 5.72. The van der Waals surface area contributed by atoms with E-state index in [0.29, 0.717) is 11.9 Å². The zero-order valence-corrected chi connectivity index (χ0v) is 12.8. The summed E-state index contributed by atoms with van der Waals surface area (Å²) in [7, 11) is 1.64. The van der Waals surface area contributed by atoms with Gasteiger partial charge in [-0.1, -0.05) is 6.07 Å². The Balaban J connectivity index is 1.80. The van der Waals surface area contributed by atoms with Crippen molar-refractivity contribution in [2.45, 2.75) is 18.9 Å². The van der Waals surface area contributed by atoms with E-state index in [1.165, 1.54) is 0 Å². The number of fused-ring (bicyclic) bond motifs is 1. The molecule has 2 aromatic heterocycles. The molecule has 0 spiro atoms. The van der Waals surface area contributed by atoms with Gasteiger partial charge >= 0.3 is 0 Å². The molecular weight excluding hydrogens is 290 g/mol. The number of carbonyl (C=O) groups is 1. The molecule has 1 fully saturated rings. The van der Waals surface area contributed by atoms with Crippen LogP contribution in [0.15, 0.2) is 48.7 Å². The van der Waals surface area contributed by atoms with Crippen molar-refractivity contribution in [1.29, 1.82) is 0 Å². The van der Waals surface area contributed by atoms with Crippen molar-refractivity contribution in [2.24, 2.45) is 0 Å². The van der Waals surface area contributed by atoms with Crippen molar-refractivity contribution in [3.8, 4) is 17.0 Å². The molecular formula is C18H17N3O2. The van der Waals surface area contributed by atoms with Gasteiger partial charge in [-0.25, -0.2) is 4.98 Å². The van der Waals surface area contributed by atoms with E-state index in [1.807, 2.05) is 53.1 Å². The molecule has 1 aliphatic carbocycles. The SMILES string of the molecule is COc1ccc(-c2nc(C(=O)NC3CC3)n3ccccc23)cc1. The van der Waals surface area contributed by atoms with Gasteiger partial charge in [0.25, 0.3) is 5.91 Å². The summed E-state index contributed by atoms with van der Waals surface area (Å²) in [6.45, 7) is 0. The number of amides is 1. The van der Waals surface area contributed by atoms with E-state index >= 15 is 0 Å². The van der Waals surface area contributed by atoms with E-state index in [-0.39, 0.29) is 5.91 Å². The van der Waals surface area contributed by atoms with Crippen molar-refractivity contribution in [2.75, 3.05) is 7.11 Å². The maximum absolute atomic E-state index is 12.4. The predicted octanol–water partition coefficient (Wildman–Crippen LogP) is 2.90. The van der Waals surface area contributed by atoms with Gasteiger partial charge in [-0.3, -0.25) is 9.20 Å². The summed E-state index contributed by atoms with van der Waals surface area (Å²) in [5, 5.41) is 3.00. The molecule has 3 aromatic rings. The standard InChI is InChI=1S/C18H17N3O2/c1-23-14-9-5-12(6-10-14)16-15-4-2-3-11-21(15)17(20-16)18(22)19-13-7-8-13/h2-6,9-11,13H,7-8H2,1H3,(H,19,22). The highest BCUT2D eigenvalue weighted by atomic mass is 16.5. The summed E-state index contributed by atoms with van der Waals surface area (Å²) < 4.78 is 7.04. The molecule has 1 aromatic carbocycles. The first-order valence-corrected chi connectivity index (χ1v) is 7.68. The van der Waals surface area contributed by atoms with E-state index in [0.717, 1.165) is 35.4 Å². The number of rotatable bonds is 4. The summed E-state index contributed by atoms with van der Waals surface area (Å²) in [5.74, 6) is 1.11. The Hall–Kier alpha value is -2.82. The third kappa shape index (κ3) is 2.54. The molecule has 23 heavy (non-hydrogen) atoms. The van der Waals surface area contributed by atoms with Gasteiger partial charge < -0.3 is 10.1 Å². The van der Waals surface area contributed by atoms with Gasteiger partial charge in [0.2, 0.25) is 5.82 Å². The fourth-order valence-corrected chi connectivity index (χ4v) is 2.64. The number of benzene rings is 1. The summed E-state index contributed by atoms with van der Waals surface area (Å²) in [6, 6.07) is 13.8. The quantitative estimate of drug-likeness (QED) is 0.806. The van der Waals surface area contributed by atoms with Crippen LogP contribution in [0.4, 0.5) is 0 Å². The topological polar surface area (TPSA) is 55.6 Å². The lowest BCUT2D eigenvalue weighted by Crippen LogP contribution is -2.27. The van der Waals surface area contributed by atoms with Crippen LogP contribution in [0.1, 0.15) is 23.5 Å². The van der Waals surface area contributed by atoms with Crippen LogP contribution < -0.4 is 10.1 Å². The maximum atomic E-state index is 12.4. The van der Waals surface area contributed by atoms with E-state index < -0.39 is 0 Å². The molecule has 0 radical (unpaired) electrons. The minimum absolute atomic E-state index is 0.117. The zero-order chi connectivity index (χ0) is 15.8. The normalized spacial score (nSPS) is 14.0. The minimum atomic E-state index is -0.117. The van der Waals surface area contributed by atoms with Gasteiger partial charge in [0, 0.05) is 17.8 Å². The molecule has 1 amide bonds. The number of methoxy groups -OCH3 is 1.